The first-order valence-corrected chi connectivity index (χ1v) is 8.17. The summed E-state index contributed by atoms with van der Waals surface area (Å²) < 4.78 is 7.29. The molecule has 1 atom stereocenters. The van der Waals surface area contributed by atoms with E-state index in [-0.39, 0.29) is 6.10 Å². The van der Waals surface area contributed by atoms with Crippen LogP contribution in [0.15, 0.2) is 42.7 Å². The van der Waals surface area contributed by atoms with Gasteiger partial charge in [0.05, 0.1) is 18.9 Å². The van der Waals surface area contributed by atoms with E-state index < -0.39 is 0 Å². The first-order valence-electron chi connectivity index (χ1n) is 8.17. The summed E-state index contributed by atoms with van der Waals surface area (Å²) in [6.45, 7) is 1.51. The van der Waals surface area contributed by atoms with Crippen LogP contribution < -0.4 is 9.64 Å². The Labute approximate surface area is 140 Å². The van der Waals surface area contributed by atoms with Gasteiger partial charge in [-0.25, -0.2) is 9.50 Å². The van der Waals surface area contributed by atoms with E-state index in [9.17, 15) is 5.11 Å². The number of rotatable bonds is 3. The van der Waals surface area contributed by atoms with E-state index in [1.54, 1.807) is 13.3 Å². The summed E-state index contributed by atoms with van der Waals surface area (Å²) in [6.07, 6.45) is 5.13. The van der Waals surface area contributed by atoms with E-state index in [0.717, 1.165) is 47.7 Å². The van der Waals surface area contributed by atoms with Crippen molar-refractivity contribution in [1.82, 2.24) is 14.6 Å². The quantitative estimate of drug-likeness (QED) is 0.801. The zero-order valence-corrected chi connectivity index (χ0v) is 13.6. The molecule has 0 bridgehead atoms. The largest absolute Gasteiger partial charge is 0.496 e. The Balaban J connectivity index is 1.80. The van der Waals surface area contributed by atoms with E-state index in [0.29, 0.717) is 6.54 Å². The van der Waals surface area contributed by atoms with Crippen LogP contribution >= 0.6 is 0 Å². The smallest absolute Gasteiger partial charge is 0.154 e. The highest BCUT2D eigenvalue weighted by atomic mass is 16.5. The minimum Gasteiger partial charge on any atom is -0.496 e. The van der Waals surface area contributed by atoms with Crippen molar-refractivity contribution in [3.8, 4) is 17.0 Å². The van der Waals surface area contributed by atoms with Crippen LogP contribution in [-0.2, 0) is 0 Å². The Morgan fingerprint density at radius 3 is 3.00 bits per heavy atom. The lowest BCUT2D eigenvalue weighted by Gasteiger charge is -2.31. The minimum atomic E-state index is -0.294. The average Bonchev–Trinajstić information content (AvgIpc) is 3.05. The molecule has 1 N–H and O–H groups in total. The molecule has 0 amide bonds. The van der Waals surface area contributed by atoms with E-state index in [1.807, 2.05) is 41.0 Å². The Morgan fingerprint density at radius 2 is 2.17 bits per heavy atom. The maximum Gasteiger partial charge on any atom is 0.154 e. The highest BCUT2D eigenvalue weighted by Gasteiger charge is 2.22. The van der Waals surface area contributed by atoms with Crippen LogP contribution in [0.3, 0.4) is 0 Å². The predicted octanol–water partition coefficient (Wildman–Crippen LogP) is 2.37. The highest BCUT2D eigenvalue weighted by molar-refractivity contribution is 5.77. The highest BCUT2D eigenvalue weighted by Crippen LogP contribution is 2.31. The number of nitrogens with zero attached hydrogens (tertiary/aromatic N) is 4. The second-order valence-electron chi connectivity index (χ2n) is 6.05. The Kier molecular flexibility index (Phi) is 3.82. The second kappa shape index (κ2) is 6.13. The molecule has 124 valence electrons. The van der Waals surface area contributed by atoms with E-state index in [4.69, 9.17) is 4.74 Å². The molecule has 2 aromatic heterocycles. The van der Waals surface area contributed by atoms with Crippen LogP contribution in [0.2, 0.25) is 0 Å². The lowest BCUT2D eigenvalue weighted by molar-refractivity contribution is 0.154. The van der Waals surface area contributed by atoms with E-state index >= 15 is 0 Å². The third kappa shape index (κ3) is 2.59. The lowest BCUT2D eigenvalue weighted by Crippen LogP contribution is -2.38. The first kappa shape index (κ1) is 15.0. The van der Waals surface area contributed by atoms with Crippen LogP contribution in [-0.4, -0.2) is 46.0 Å². The molecule has 1 saturated heterocycles. The molecule has 1 aliphatic rings. The molecule has 0 spiro atoms. The van der Waals surface area contributed by atoms with Gasteiger partial charge in [-0.3, -0.25) is 0 Å². The third-order valence-electron chi connectivity index (χ3n) is 4.45. The fourth-order valence-corrected chi connectivity index (χ4v) is 3.29. The molecule has 0 saturated carbocycles. The lowest BCUT2D eigenvalue weighted by atomic mass is 10.1. The molecule has 1 aromatic carbocycles. The van der Waals surface area contributed by atoms with Gasteiger partial charge in [0.2, 0.25) is 0 Å². The van der Waals surface area contributed by atoms with Gasteiger partial charge in [0, 0.05) is 31.0 Å². The van der Waals surface area contributed by atoms with Crippen LogP contribution in [0, 0.1) is 0 Å². The number of methoxy groups -OCH3 is 1. The number of anilines is 1. The van der Waals surface area contributed by atoms with Gasteiger partial charge >= 0.3 is 0 Å². The maximum atomic E-state index is 9.96. The zero-order chi connectivity index (χ0) is 16.5. The number of aliphatic hydroxyl groups is 1. The van der Waals surface area contributed by atoms with Crippen LogP contribution in [0.4, 0.5) is 5.82 Å². The summed E-state index contributed by atoms with van der Waals surface area (Å²) in [5.41, 5.74) is 2.74. The SMILES string of the molecule is COc1ccccc1-c1cc2c(N3CCCC(O)C3)nccn2n1. The Morgan fingerprint density at radius 1 is 1.29 bits per heavy atom. The molecule has 24 heavy (non-hydrogen) atoms. The Hall–Kier alpha value is -2.60. The third-order valence-corrected chi connectivity index (χ3v) is 4.45. The number of fused-ring (bicyclic) bond motifs is 1. The number of piperidine rings is 1. The van der Waals surface area contributed by atoms with Crippen molar-refractivity contribution >= 4 is 11.3 Å². The van der Waals surface area contributed by atoms with Gasteiger partial charge in [-0.2, -0.15) is 5.10 Å². The fraction of sp³-hybridized carbons (Fsp3) is 0.333. The Bertz CT molecular complexity index is 861. The van der Waals surface area contributed by atoms with Gasteiger partial charge < -0.3 is 14.7 Å². The van der Waals surface area contributed by atoms with Crippen molar-refractivity contribution in [2.24, 2.45) is 0 Å². The number of aromatic nitrogens is 3. The molecule has 1 fully saturated rings. The predicted molar refractivity (Wildman–Crippen MR) is 92.4 cm³/mol. The summed E-state index contributed by atoms with van der Waals surface area (Å²) in [7, 11) is 1.66. The average molecular weight is 324 g/mol. The van der Waals surface area contributed by atoms with Crippen LogP contribution in [0.25, 0.3) is 16.8 Å². The van der Waals surface area contributed by atoms with Crippen LogP contribution in [0.5, 0.6) is 5.75 Å². The van der Waals surface area contributed by atoms with Crippen molar-refractivity contribution < 1.29 is 9.84 Å². The van der Waals surface area contributed by atoms with E-state index in [2.05, 4.69) is 15.0 Å². The van der Waals surface area contributed by atoms with Gasteiger partial charge in [-0.1, -0.05) is 12.1 Å². The van der Waals surface area contributed by atoms with Gasteiger partial charge in [0.25, 0.3) is 0 Å². The summed E-state index contributed by atoms with van der Waals surface area (Å²) in [4.78, 5) is 6.67. The summed E-state index contributed by atoms with van der Waals surface area (Å²) in [5.74, 6) is 1.66. The van der Waals surface area contributed by atoms with Crippen molar-refractivity contribution in [2.75, 3.05) is 25.1 Å². The fourth-order valence-electron chi connectivity index (χ4n) is 3.29. The minimum absolute atomic E-state index is 0.294. The zero-order valence-electron chi connectivity index (χ0n) is 13.6. The van der Waals surface area contributed by atoms with Crippen molar-refractivity contribution in [3.63, 3.8) is 0 Å². The second-order valence-corrected chi connectivity index (χ2v) is 6.05. The van der Waals surface area contributed by atoms with Gasteiger partial charge in [-0.15, -0.1) is 0 Å². The molecule has 0 aliphatic carbocycles. The molecule has 0 radical (unpaired) electrons. The van der Waals surface area contributed by atoms with E-state index in [1.165, 1.54) is 0 Å². The number of β-amino-alcohol motifs (C(OH)–C–C–N with tert-alkyl or cyclic N) is 1. The topological polar surface area (TPSA) is 62.9 Å². The number of hydrogen-bond acceptors (Lipinski definition) is 5. The molecule has 4 rings (SSSR count). The molecule has 3 aromatic rings. The monoisotopic (exact) mass is 324 g/mol. The molecule has 1 aliphatic heterocycles. The normalized spacial score (nSPS) is 18.1. The van der Waals surface area contributed by atoms with Gasteiger partial charge in [0.1, 0.15) is 11.3 Å². The summed E-state index contributed by atoms with van der Waals surface area (Å²) in [6, 6.07) is 9.88. The van der Waals surface area contributed by atoms with Gasteiger partial charge in [0.15, 0.2) is 5.82 Å². The standard InChI is InChI=1S/C18H20N4O2/c1-24-17-7-3-2-6-14(17)15-11-16-18(19-8-10-22(16)20-15)21-9-4-5-13(23)12-21/h2-3,6-8,10-11,13,23H,4-5,9,12H2,1H3. The number of para-hydroxylation sites is 1. The number of hydrogen-bond donors (Lipinski definition) is 1. The molecule has 3 heterocycles. The van der Waals surface area contributed by atoms with Crippen LogP contribution in [0.1, 0.15) is 12.8 Å². The summed E-state index contributed by atoms with van der Waals surface area (Å²) >= 11 is 0. The molecular formula is C18H20N4O2. The first-order chi connectivity index (χ1) is 11.8. The maximum absolute atomic E-state index is 9.96. The van der Waals surface area contributed by atoms with Crippen molar-refractivity contribution in [3.05, 3.63) is 42.7 Å². The van der Waals surface area contributed by atoms with Crippen molar-refractivity contribution in [1.29, 1.82) is 0 Å². The van der Waals surface area contributed by atoms with Crippen molar-refractivity contribution in [2.45, 2.75) is 18.9 Å². The molecule has 6 heteroatoms. The number of ether oxygens (including phenoxy) is 1. The molecule has 1 unspecified atom stereocenters. The molecule has 6 nitrogen and oxygen atoms in total. The number of benzene rings is 1. The molecular weight excluding hydrogens is 304 g/mol. The summed E-state index contributed by atoms with van der Waals surface area (Å²) in [5, 5.41) is 14.6. The number of aliphatic hydroxyl groups excluding tert-OH is 1. The van der Waals surface area contributed by atoms with Gasteiger partial charge in [-0.05, 0) is 31.0 Å².